The number of amides is 2. The second kappa shape index (κ2) is 9.71. The molecule has 0 aromatic heterocycles. The quantitative estimate of drug-likeness (QED) is 0.741. The van der Waals surface area contributed by atoms with Crippen LogP contribution in [0.25, 0.3) is 0 Å². The summed E-state index contributed by atoms with van der Waals surface area (Å²) in [5.74, 6) is 0.611. The van der Waals surface area contributed by atoms with Gasteiger partial charge in [0.1, 0.15) is 0 Å². The fraction of sp³-hybridized carbons (Fsp3) is 0.882. The Hall–Kier alpha value is -0.890. The third kappa shape index (κ3) is 5.54. The van der Waals surface area contributed by atoms with Crippen LogP contribution in [0.3, 0.4) is 0 Å². The predicted octanol–water partition coefficient (Wildman–Crippen LogP) is -0.201. The van der Waals surface area contributed by atoms with E-state index in [0.717, 1.165) is 32.5 Å². The molecule has 8 heteroatoms. The summed E-state index contributed by atoms with van der Waals surface area (Å²) in [7, 11) is 0. The first-order valence-electron chi connectivity index (χ1n) is 9.23. The number of nitrogens with zero attached hydrogens (tertiary/aromatic N) is 3. The lowest BCUT2D eigenvalue weighted by Gasteiger charge is -2.38. The van der Waals surface area contributed by atoms with E-state index in [1.807, 2.05) is 9.80 Å². The third-order valence-electron chi connectivity index (χ3n) is 5.38. The molecule has 25 heavy (non-hydrogen) atoms. The molecule has 0 bridgehead atoms. The number of halogens is 1. The Bertz CT molecular complexity index is 451. The molecule has 0 spiro atoms. The van der Waals surface area contributed by atoms with Crippen LogP contribution in [0, 0.1) is 5.92 Å². The molecule has 0 radical (unpaired) electrons. The number of carbonyl (C=O) groups is 2. The third-order valence-corrected chi connectivity index (χ3v) is 5.38. The van der Waals surface area contributed by atoms with Gasteiger partial charge >= 0.3 is 0 Å². The maximum atomic E-state index is 12.7. The van der Waals surface area contributed by atoms with Gasteiger partial charge in [0.25, 0.3) is 0 Å². The van der Waals surface area contributed by atoms with E-state index in [-0.39, 0.29) is 30.1 Å². The standard InChI is InChI=1S/C17H30N4O3.ClH/c1-14-12-15(2-3-18-14)17(23)21-6-4-20(5-7-21)16(22)13-19-8-10-24-11-9-19;/h14-15,18H,2-13H2,1H3;1H/t14-,15-;/m0./s1. The van der Waals surface area contributed by atoms with E-state index >= 15 is 0 Å². The summed E-state index contributed by atoms with van der Waals surface area (Å²) in [6.07, 6.45) is 1.86. The summed E-state index contributed by atoms with van der Waals surface area (Å²) in [6.45, 7) is 9.30. The fourth-order valence-corrected chi connectivity index (χ4v) is 3.84. The van der Waals surface area contributed by atoms with E-state index in [1.165, 1.54) is 0 Å². The molecule has 0 saturated carbocycles. The van der Waals surface area contributed by atoms with Gasteiger partial charge in [-0.05, 0) is 26.3 Å². The lowest BCUT2D eigenvalue weighted by molar-refractivity contribution is -0.143. The number of ether oxygens (including phenoxy) is 1. The van der Waals surface area contributed by atoms with Gasteiger partial charge in [0.05, 0.1) is 19.8 Å². The largest absolute Gasteiger partial charge is 0.379 e. The highest BCUT2D eigenvalue weighted by atomic mass is 35.5. The Morgan fingerprint density at radius 1 is 1.04 bits per heavy atom. The Kier molecular flexibility index (Phi) is 7.93. The van der Waals surface area contributed by atoms with Gasteiger partial charge in [-0.25, -0.2) is 0 Å². The average molecular weight is 375 g/mol. The highest BCUT2D eigenvalue weighted by Crippen LogP contribution is 2.19. The number of rotatable bonds is 3. The summed E-state index contributed by atoms with van der Waals surface area (Å²) in [4.78, 5) is 31.1. The summed E-state index contributed by atoms with van der Waals surface area (Å²) < 4.78 is 5.32. The number of hydrogen-bond donors (Lipinski definition) is 1. The predicted molar refractivity (Wildman–Crippen MR) is 97.9 cm³/mol. The molecule has 144 valence electrons. The van der Waals surface area contributed by atoms with Crippen LogP contribution in [0.4, 0.5) is 0 Å². The fourth-order valence-electron chi connectivity index (χ4n) is 3.84. The van der Waals surface area contributed by atoms with Crippen LogP contribution in [-0.2, 0) is 14.3 Å². The second-order valence-electron chi connectivity index (χ2n) is 7.17. The summed E-state index contributed by atoms with van der Waals surface area (Å²) in [6, 6.07) is 0.420. The molecule has 0 unspecified atom stereocenters. The van der Waals surface area contributed by atoms with Crippen LogP contribution in [-0.4, -0.2) is 98.1 Å². The normalized spacial score (nSPS) is 28.4. The molecule has 2 amide bonds. The van der Waals surface area contributed by atoms with Crippen molar-refractivity contribution in [2.45, 2.75) is 25.8 Å². The minimum atomic E-state index is 0. The SMILES string of the molecule is C[C@H]1C[C@@H](C(=O)N2CCN(C(=O)CN3CCOCC3)CC2)CCN1.Cl. The van der Waals surface area contributed by atoms with Gasteiger partial charge in [0.15, 0.2) is 0 Å². The zero-order chi connectivity index (χ0) is 16.9. The van der Waals surface area contributed by atoms with Crippen LogP contribution >= 0.6 is 12.4 Å². The van der Waals surface area contributed by atoms with E-state index in [0.29, 0.717) is 52.0 Å². The second-order valence-corrected chi connectivity index (χ2v) is 7.17. The van der Waals surface area contributed by atoms with Crippen molar-refractivity contribution in [2.75, 3.05) is 65.6 Å². The maximum Gasteiger partial charge on any atom is 0.236 e. The number of carbonyl (C=O) groups excluding carboxylic acids is 2. The van der Waals surface area contributed by atoms with Crippen molar-refractivity contribution in [1.29, 1.82) is 0 Å². The lowest BCUT2D eigenvalue weighted by atomic mass is 9.92. The minimum absolute atomic E-state index is 0. The van der Waals surface area contributed by atoms with Crippen molar-refractivity contribution in [3.8, 4) is 0 Å². The molecule has 3 fully saturated rings. The molecule has 3 aliphatic heterocycles. The van der Waals surface area contributed by atoms with Gasteiger partial charge in [-0.3, -0.25) is 14.5 Å². The number of piperazine rings is 1. The van der Waals surface area contributed by atoms with Crippen LogP contribution in [0.2, 0.25) is 0 Å². The van der Waals surface area contributed by atoms with Crippen molar-refractivity contribution in [3.05, 3.63) is 0 Å². The monoisotopic (exact) mass is 374 g/mol. The number of nitrogens with one attached hydrogen (secondary N) is 1. The van der Waals surface area contributed by atoms with Crippen molar-refractivity contribution in [3.63, 3.8) is 0 Å². The van der Waals surface area contributed by atoms with E-state index in [1.54, 1.807) is 0 Å². The molecule has 3 saturated heterocycles. The van der Waals surface area contributed by atoms with Gasteiger partial charge in [-0.15, -0.1) is 12.4 Å². The zero-order valence-corrected chi connectivity index (χ0v) is 15.9. The van der Waals surface area contributed by atoms with E-state index in [2.05, 4.69) is 17.1 Å². The summed E-state index contributed by atoms with van der Waals surface area (Å²) in [5.41, 5.74) is 0. The Labute approximate surface area is 156 Å². The first-order chi connectivity index (χ1) is 11.6. The summed E-state index contributed by atoms with van der Waals surface area (Å²) >= 11 is 0. The molecule has 7 nitrogen and oxygen atoms in total. The molecule has 0 aromatic carbocycles. The molecule has 3 aliphatic rings. The maximum absolute atomic E-state index is 12.7. The molecule has 3 rings (SSSR count). The molecule has 1 N–H and O–H groups in total. The van der Waals surface area contributed by atoms with Crippen LogP contribution in [0.15, 0.2) is 0 Å². The van der Waals surface area contributed by atoms with Crippen molar-refractivity contribution in [1.82, 2.24) is 20.0 Å². The van der Waals surface area contributed by atoms with Gasteiger partial charge in [0.2, 0.25) is 11.8 Å². The zero-order valence-electron chi connectivity index (χ0n) is 15.1. The molecule has 0 aromatic rings. The first kappa shape index (κ1) is 20.4. The minimum Gasteiger partial charge on any atom is -0.379 e. The van der Waals surface area contributed by atoms with Gasteiger partial charge < -0.3 is 19.9 Å². The molecular formula is C17H31ClN4O3. The topological polar surface area (TPSA) is 65.1 Å². The smallest absolute Gasteiger partial charge is 0.236 e. The Morgan fingerprint density at radius 2 is 1.68 bits per heavy atom. The summed E-state index contributed by atoms with van der Waals surface area (Å²) in [5, 5.41) is 3.39. The van der Waals surface area contributed by atoms with Crippen molar-refractivity contribution in [2.24, 2.45) is 5.92 Å². The van der Waals surface area contributed by atoms with Crippen molar-refractivity contribution < 1.29 is 14.3 Å². The molecule has 0 aliphatic carbocycles. The number of hydrogen-bond acceptors (Lipinski definition) is 5. The number of morpholine rings is 1. The highest BCUT2D eigenvalue weighted by molar-refractivity contribution is 5.85. The lowest BCUT2D eigenvalue weighted by Crippen LogP contribution is -2.55. The number of piperidine rings is 1. The first-order valence-corrected chi connectivity index (χ1v) is 9.23. The Balaban J connectivity index is 0.00000225. The molecule has 3 heterocycles. The van der Waals surface area contributed by atoms with E-state index in [4.69, 9.17) is 4.74 Å². The Morgan fingerprint density at radius 3 is 2.32 bits per heavy atom. The van der Waals surface area contributed by atoms with Gasteiger partial charge in [0, 0.05) is 51.2 Å². The van der Waals surface area contributed by atoms with Gasteiger partial charge in [-0.1, -0.05) is 0 Å². The van der Waals surface area contributed by atoms with Crippen molar-refractivity contribution >= 4 is 24.2 Å². The molecule has 2 atom stereocenters. The highest BCUT2D eigenvalue weighted by Gasteiger charge is 2.31. The van der Waals surface area contributed by atoms with E-state index in [9.17, 15) is 9.59 Å². The van der Waals surface area contributed by atoms with Crippen LogP contribution in [0.5, 0.6) is 0 Å². The average Bonchev–Trinajstić information content (AvgIpc) is 2.62. The van der Waals surface area contributed by atoms with E-state index < -0.39 is 0 Å². The molecular weight excluding hydrogens is 344 g/mol. The van der Waals surface area contributed by atoms with Crippen LogP contribution < -0.4 is 5.32 Å². The van der Waals surface area contributed by atoms with Crippen LogP contribution in [0.1, 0.15) is 19.8 Å². The van der Waals surface area contributed by atoms with Gasteiger partial charge in [-0.2, -0.15) is 0 Å².